The molecule has 1 spiro atoms. The first-order valence-electron chi connectivity index (χ1n) is 13.9. The van der Waals surface area contributed by atoms with E-state index >= 15 is 0 Å². The van der Waals surface area contributed by atoms with E-state index in [4.69, 9.17) is 13.9 Å². The zero-order chi connectivity index (χ0) is 29.3. The Hall–Kier alpha value is -3.17. The minimum absolute atomic E-state index is 0.0196. The number of ether oxygens (including phenoxy) is 2. The first kappa shape index (κ1) is 29.8. The number of esters is 1. The Kier molecular flexibility index (Phi) is 8.20. The van der Waals surface area contributed by atoms with Crippen molar-refractivity contribution in [3.05, 3.63) is 60.7 Å². The molecular weight excluding hydrogens is 524 g/mol. The monoisotopic (exact) mass is 566 g/mol. The van der Waals surface area contributed by atoms with Gasteiger partial charge in [-0.15, -0.1) is 0 Å². The minimum Gasteiger partial charge on any atom is -0.467 e. The summed E-state index contributed by atoms with van der Waals surface area (Å²) in [7, 11) is -1.64. The summed E-state index contributed by atoms with van der Waals surface area (Å²) in [5, 5.41) is 1.86. The number of hydrogen-bond acceptors (Lipinski definition) is 6. The maximum atomic E-state index is 13.8. The summed E-state index contributed by atoms with van der Waals surface area (Å²) < 4.78 is 17.8. The fourth-order valence-electron chi connectivity index (χ4n) is 6.08. The van der Waals surface area contributed by atoms with Crippen LogP contribution in [0.25, 0.3) is 0 Å². The van der Waals surface area contributed by atoms with Crippen LogP contribution in [-0.4, -0.2) is 80.1 Å². The highest BCUT2D eigenvalue weighted by atomic mass is 28.4. The van der Waals surface area contributed by atoms with Crippen molar-refractivity contribution in [1.29, 1.82) is 0 Å². The van der Waals surface area contributed by atoms with E-state index in [0.29, 0.717) is 19.4 Å². The van der Waals surface area contributed by atoms with Crippen LogP contribution in [0.4, 0.5) is 4.79 Å². The maximum Gasteiger partial charge on any atom is 0.411 e. The van der Waals surface area contributed by atoms with E-state index in [1.165, 1.54) is 16.9 Å². The first-order valence-corrected chi connectivity index (χ1v) is 15.8. The molecule has 2 aliphatic rings. The molecule has 8 nitrogen and oxygen atoms in total. The Bertz CT molecular complexity index is 1180. The van der Waals surface area contributed by atoms with Crippen LogP contribution < -0.4 is 10.4 Å². The van der Waals surface area contributed by atoms with Gasteiger partial charge in [0.05, 0.1) is 20.3 Å². The van der Waals surface area contributed by atoms with Crippen LogP contribution in [0, 0.1) is 0 Å². The lowest BCUT2D eigenvalue weighted by Gasteiger charge is -2.53. The third kappa shape index (κ3) is 5.29. The molecule has 0 saturated carbocycles. The molecular formula is C31H42N2O6Si. The van der Waals surface area contributed by atoms with E-state index in [2.05, 4.69) is 45.0 Å². The van der Waals surface area contributed by atoms with Crippen LogP contribution >= 0.6 is 0 Å². The normalized spacial score (nSPS) is 20.3. The largest absolute Gasteiger partial charge is 0.467 e. The fraction of sp³-hybridized carbons (Fsp3) is 0.516. The summed E-state index contributed by atoms with van der Waals surface area (Å²) in [6, 6.07) is 19.3. The standard InChI is InChI=1S/C31H42N2O6Si/c1-29(2,3)39-28(36)33-20-14-19-31(33)22-32(27(31)35)25(26(34)37-7)21-38-40(30(4,5)6,23-15-10-8-11-16-23)24-17-12-9-13-18-24/h8-13,15-18,25H,14,19-22H2,1-7H3. The van der Waals surface area contributed by atoms with Gasteiger partial charge in [0.25, 0.3) is 14.2 Å². The Morgan fingerprint density at radius 2 is 1.50 bits per heavy atom. The van der Waals surface area contributed by atoms with E-state index in [-0.39, 0.29) is 24.1 Å². The lowest BCUT2D eigenvalue weighted by atomic mass is 9.84. The van der Waals surface area contributed by atoms with Crippen molar-refractivity contribution in [2.24, 2.45) is 0 Å². The highest BCUT2D eigenvalue weighted by Gasteiger charge is 2.63. The van der Waals surface area contributed by atoms with Crippen LogP contribution in [0.5, 0.6) is 0 Å². The number of hydrogen-bond donors (Lipinski definition) is 0. The third-order valence-corrected chi connectivity index (χ3v) is 12.9. The predicted octanol–water partition coefficient (Wildman–Crippen LogP) is 3.72. The molecule has 0 aliphatic carbocycles. The van der Waals surface area contributed by atoms with Gasteiger partial charge in [0.15, 0.2) is 6.04 Å². The second kappa shape index (κ2) is 11.0. The molecule has 4 rings (SSSR count). The van der Waals surface area contributed by atoms with Crippen molar-refractivity contribution < 1.29 is 28.3 Å². The zero-order valence-corrected chi connectivity index (χ0v) is 25.7. The van der Waals surface area contributed by atoms with Gasteiger partial charge >= 0.3 is 12.1 Å². The quantitative estimate of drug-likeness (QED) is 0.289. The number of β-lactam (4-membered cyclic amide) rings is 1. The first-order chi connectivity index (χ1) is 18.8. The molecule has 2 aromatic rings. The summed E-state index contributed by atoms with van der Waals surface area (Å²) in [6.07, 6.45) is 0.724. The van der Waals surface area contributed by atoms with Crippen LogP contribution in [0.3, 0.4) is 0 Å². The summed E-state index contributed by atoms with van der Waals surface area (Å²) in [6.45, 7) is 12.5. The van der Waals surface area contributed by atoms with Crippen molar-refractivity contribution in [2.75, 3.05) is 26.8 Å². The van der Waals surface area contributed by atoms with E-state index in [1.807, 2.05) is 36.4 Å². The fourth-order valence-corrected chi connectivity index (χ4v) is 10.6. The van der Waals surface area contributed by atoms with Gasteiger partial charge in [-0.1, -0.05) is 81.4 Å². The van der Waals surface area contributed by atoms with Crippen LogP contribution in [0.1, 0.15) is 54.4 Å². The number of amides is 2. The summed E-state index contributed by atoms with van der Waals surface area (Å²) in [5.41, 5.74) is -1.67. The van der Waals surface area contributed by atoms with Gasteiger partial charge in [0.1, 0.15) is 11.1 Å². The zero-order valence-electron chi connectivity index (χ0n) is 24.7. The highest BCUT2D eigenvalue weighted by molar-refractivity contribution is 6.99. The van der Waals surface area contributed by atoms with Gasteiger partial charge in [-0.05, 0) is 49.0 Å². The molecule has 0 bridgehead atoms. The number of benzene rings is 2. The number of carbonyl (C=O) groups is 3. The molecule has 0 aromatic heterocycles. The van der Waals surface area contributed by atoms with Crippen LogP contribution in [0.2, 0.25) is 5.04 Å². The molecule has 2 unspecified atom stereocenters. The van der Waals surface area contributed by atoms with Gasteiger partial charge in [0.2, 0.25) is 0 Å². The molecule has 2 amide bonds. The lowest BCUT2D eigenvalue weighted by Crippen LogP contribution is -2.76. The van der Waals surface area contributed by atoms with E-state index in [1.54, 1.807) is 20.8 Å². The molecule has 2 aromatic carbocycles. The van der Waals surface area contributed by atoms with Crippen LogP contribution in [-0.2, 0) is 23.5 Å². The van der Waals surface area contributed by atoms with Crippen molar-refractivity contribution in [3.63, 3.8) is 0 Å². The van der Waals surface area contributed by atoms with E-state index < -0.39 is 37.6 Å². The van der Waals surface area contributed by atoms with Crippen molar-refractivity contribution in [3.8, 4) is 0 Å². The molecule has 2 heterocycles. The van der Waals surface area contributed by atoms with E-state index in [0.717, 1.165) is 10.4 Å². The molecule has 0 radical (unpaired) electrons. The molecule has 216 valence electrons. The van der Waals surface area contributed by atoms with Crippen LogP contribution in [0.15, 0.2) is 60.7 Å². The highest BCUT2D eigenvalue weighted by Crippen LogP contribution is 2.42. The molecule has 9 heteroatoms. The molecule has 2 fully saturated rings. The summed E-state index contributed by atoms with van der Waals surface area (Å²) >= 11 is 0. The molecule has 2 aliphatic heterocycles. The number of carbonyl (C=O) groups excluding carboxylic acids is 3. The topological polar surface area (TPSA) is 85.4 Å². The van der Waals surface area contributed by atoms with Gasteiger partial charge in [-0.25, -0.2) is 9.59 Å². The predicted molar refractivity (Wildman–Crippen MR) is 156 cm³/mol. The number of rotatable bonds is 7. The van der Waals surface area contributed by atoms with Crippen molar-refractivity contribution >= 4 is 36.7 Å². The molecule has 2 atom stereocenters. The number of nitrogens with zero attached hydrogens (tertiary/aromatic N) is 2. The minimum atomic E-state index is -2.96. The van der Waals surface area contributed by atoms with Gasteiger partial charge in [-0.2, -0.15) is 0 Å². The van der Waals surface area contributed by atoms with E-state index in [9.17, 15) is 14.4 Å². The Balaban J connectivity index is 1.65. The Labute approximate surface area is 238 Å². The summed E-state index contributed by atoms with van der Waals surface area (Å²) in [5.74, 6) is -0.805. The maximum absolute atomic E-state index is 13.8. The molecule has 40 heavy (non-hydrogen) atoms. The SMILES string of the molecule is COC(=O)C(CO[Si](c1ccccc1)(c1ccccc1)C(C)(C)C)N1CC2(CCCN2C(=O)OC(C)(C)C)C1=O. The second-order valence-electron chi connectivity index (χ2n) is 12.7. The average Bonchev–Trinajstić information content (AvgIpc) is 3.36. The summed E-state index contributed by atoms with van der Waals surface area (Å²) in [4.78, 5) is 43.0. The Morgan fingerprint density at radius 3 is 1.95 bits per heavy atom. The van der Waals surface area contributed by atoms with Crippen molar-refractivity contribution in [1.82, 2.24) is 9.80 Å². The average molecular weight is 567 g/mol. The van der Waals surface area contributed by atoms with Gasteiger partial charge in [-0.3, -0.25) is 9.69 Å². The van der Waals surface area contributed by atoms with Gasteiger partial charge in [0, 0.05) is 6.54 Å². The lowest BCUT2D eigenvalue weighted by molar-refractivity contribution is -0.174. The second-order valence-corrected chi connectivity index (χ2v) is 17.0. The molecule has 0 N–H and O–H groups in total. The third-order valence-electron chi connectivity index (χ3n) is 7.92. The Morgan fingerprint density at radius 1 is 0.950 bits per heavy atom. The smallest absolute Gasteiger partial charge is 0.411 e. The van der Waals surface area contributed by atoms with Crippen molar-refractivity contribution in [2.45, 2.75) is 76.6 Å². The number of methoxy groups -OCH3 is 1. The molecule has 2 saturated heterocycles. The number of likely N-dealkylation sites (tertiary alicyclic amines) is 2. The van der Waals surface area contributed by atoms with Gasteiger partial charge < -0.3 is 18.8 Å².